The van der Waals surface area contributed by atoms with Gasteiger partial charge in [-0.3, -0.25) is 14.1 Å². The first-order chi connectivity index (χ1) is 14.8. The van der Waals surface area contributed by atoms with Gasteiger partial charge in [0.15, 0.2) is 4.96 Å². The molecule has 4 heterocycles. The maximum Gasteiger partial charge on any atom is 0.271 e. The third-order valence-electron chi connectivity index (χ3n) is 5.33. The summed E-state index contributed by atoms with van der Waals surface area (Å²) >= 11 is 3.19. The van der Waals surface area contributed by atoms with Gasteiger partial charge in [0.2, 0.25) is 0 Å². The molecule has 0 radical (unpaired) electrons. The maximum absolute atomic E-state index is 13.1. The molecule has 5 nitrogen and oxygen atoms in total. The smallest absolute Gasteiger partial charge is 0.271 e. The van der Waals surface area contributed by atoms with Crippen LogP contribution in [-0.2, 0) is 0 Å². The van der Waals surface area contributed by atoms with E-state index < -0.39 is 0 Å². The van der Waals surface area contributed by atoms with Crippen LogP contribution < -0.4 is 0 Å². The van der Waals surface area contributed by atoms with Gasteiger partial charge in [-0.2, -0.15) is 0 Å². The number of amides is 1. The van der Waals surface area contributed by atoms with E-state index in [2.05, 4.69) is 52.4 Å². The fourth-order valence-corrected chi connectivity index (χ4v) is 5.21. The van der Waals surface area contributed by atoms with Crippen LogP contribution in [0.5, 0.6) is 0 Å². The summed E-state index contributed by atoms with van der Waals surface area (Å²) in [6.45, 7) is 4.19. The second kappa shape index (κ2) is 8.55. The highest BCUT2D eigenvalue weighted by Gasteiger charge is 2.24. The third-order valence-corrected chi connectivity index (χ3v) is 7.07. The molecule has 0 aliphatic carbocycles. The Morgan fingerprint density at radius 3 is 2.63 bits per heavy atom. The minimum Gasteiger partial charge on any atom is -0.335 e. The van der Waals surface area contributed by atoms with Crippen molar-refractivity contribution >= 4 is 39.6 Å². The molecule has 1 fully saturated rings. The predicted molar refractivity (Wildman–Crippen MR) is 124 cm³/mol. The lowest BCUT2D eigenvalue weighted by Gasteiger charge is -2.34. The van der Waals surface area contributed by atoms with Gasteiger partial charge in [0.05, 0.1) is 4.88 Å². The Hall–Kier alpha value is -2.74. The van der Waals surface area contributed by atoms with Crippen LogP contribution in [0.3, 0.4) is 0 Å². The van der Waals surface area contributed by atoms with Crippen molar-refractivity contribution in [3.63, 3.8) is 0 Å². The molecule has 0 unspecified atom stereocenters. The van der Waals surface area contributed by atoms with Gasteiger partial charge >= 0.3 is 0 Å². The molecule has 4 aromatic rings. The number of thiazole rings is 1. The van der Waals surface area contributed by atoms with Crippen LogP contribution in [0, 0.1) is 0 Å². The molecular formula is C23H22N4OS2. The van der Waals surface area contributed by atoms with Gasteiger partial charge in [-0.1, -0.05) is 48.6 Å². The lowest BCUT2D eigenvalue weighted by Crippen LogP contribution is -2.48. The second-order valence-electron chi connectivity index (χ2n) is 7.28. The number of imidazole rings is 1. The number of thiophene rings is 1. The SMILES string of the molecule is O=C(c1csc2nc(-c3cccs3)cn12)N1CCN(C/C=C/c2ccccc2)CC1. The molecule has 152 valence electrons. The quantitative estimate of drug-likeness (QED) is 0.461. The molecule has 1 aromatic carbocycles. The van der Waals surface area contributed by atoms with Gasteiger partial charge < -0.3 is 4.90 Å². The number of benzene rings is 1. The average Bonchev–Trinajstić information content (AvgIpc) is 3.51. The minimum atomic E-state index is 0.0934. The monoisotopic (exact) mass is 434 g/mol. The normalized spacial score (nSPS) is 15.4. The van der Waals surface area contributed by atoms with Gasteiger partial charge in [0.1, 0.15) is 11.4 Å². The van der Waals surface area contributed by atoms with Crippen molar-refractivity contribution in [2.75, 3.05) is 32.7 Å². The minimum absolute atomic E-state index is 0.0934. The Balaban J connectivity index is 1.21. The summed E-state index contributed by atoms with van der Waals surface area (Å²) in [6.07, 6.45) is 6.34. The van der Waals surface area contributed by atoms with Crippen LogP contribution in [0.25, 0.3) is 21.6 Å². The van der Waals surface area contributed by atoms with E-state index in [0.717, 1.165) is 48.3 Å². The molecule has 3 aromatic heterocycles. The summed E-state index contributed by atoms with van der Waals surface area (Å²) in [6, 6.07) is 14.4. The Morgan fingerprint density at radius 2 is 1.87 bits per heavy atom. The third kappa shape index (κ3) is 3.96. The number of hydrogen-bond acceptors (Lipinski definition) is 5. The highest BCUT2D eigenvalue weighted by atomic mass is 32.1. The Bertz CT molecular complexity index is 1150. The summed E-state index contributed by atoms with van der Waals surface area (Å²) in [7, 11) is 0. The van der Waals surface area contributed by atoms with Crippen LogP contribution in [0.15, 0.2) is 65.5 Å². The fraction of sp³-hybridized carbons (Fsp3) is 0.217. The van der Waals surface area contributed by atoms with E-state index in [4.69, 9.17) is 0 Å². The van der Waals surface area contributed by atoms with E-state index in [1.165, 1.54) is 16.9 Å². The van der Waals surface area contributed by atoms with Crippen molar-refractivity contribution in [3.8, 4) is 10.6 Å². The molecule has 1 amide bonds. The highest BCUT2D eigenvalue weighted by molar-refractivity contribution is 7.15. The standard InChI is InChI=1S/C23H22N4OS2/c28-22(20-17-30-23-24-19(16-27(20)23)21-9-5-15-29-21)26-13-11-25(12-14-26)10-4-8-18-6-2-1-3-7-18/h1-9,15-17H,10-14H2/b8-4+. The van der Waals surface area contributed by atoms with Crippen LogP contribution >= 0.6 is 22.7 Å². The maximum atomic E-state index is 13.1. The molecule has 7 heteroatoms. The summed E-state index contributed by atoms with van der Waals surface area (Å²) in [4.78, 5) is 24.2. The van der Waals surface area contributed by atoms with E-state index >= 15 is 0 Å². The predicted octanol–water partition coefficient (Wildman–Crippen LogP) is 4.60. The molecule has 1 aliphatic heterocycles. The second-order valence-corrected chi connectivity index (χ2v) is 9.07. The van der Waals surface area contributed by atoms with Crippen molar-refractivity contribution in [3.05, 3.63) is 76.8 Å². The molecule has 0 atom stereocenters. The molecular weight excluding hydrogens is 412 g/mol. The largest absolute Gasteiger partial charge is 0.335 e. The van der Waals surface area contributed by atoms with E-state index in [1.54, 1.807) is 11.3 Å². The Labute approximate surface area is 183 Å². The molecule has 0 bridgehead atoms. The first kappa shape index (κ1) is 19.2. The lowest BCUT2D eigenvalue weighted by molar-refractivity contribution is 0.0644. The molecule has 1 aliphatic rings. The number of aromatic nitrogens is 2. The number of carbonyl (C=O) groups is 1. The first-order valence-electron chi connectivity index (χ1n) is 10.0. The molecule has 0 N–H and O–H groups in total. The van der Waals surface area contributed by atoms with Crippen molar-refractivity contribution in [1.29, 1.82) is 0 Å². The van der Waals surface area contributed by atoms with Gasteiger partial charge in [-0.05, 0) is 17.0 Å². The van der Waals surface area contributed by atoms with E-state index in [9.17, 15) is 4.79 Å². The molecule has 0 saturated carbocycles. The van der Waals surface area contributed by atoms with Crippen LogP contribution in [0.1, 0.15) is 16.1 Å². The van der Waals surface area contributed by atoms with Crippen molar-refractivity contribution in [2.45, 2.75) is 0 Å². The highest BCUT2D eigenvalue weighted by Crippen LogP contribution is 2.27. The van der Waals surface area contributed by atoms with Crippen LogP contribution in [0.2, 0.25) is 0 Å². The van der Waals surface area contributed by atoms with Crippen LogP contribution in [0.4, 0.5) is 0 Å². The zero-order valence-electron chi connectivity index (χ0n) is 16.5. The van der Waals surface area contributed by atoms with E-state index in [-0.39, 0.29) is 5.91 Å². The fourth-order valence-electron chi connectivity index (χ4n) is 3.68. The van der Waals surface area contributed by atoms with E-state index in [0.29, 0.717) is 5.69 Å². The number of nitrogens with zero attached hydrogens (tertiary/aromatic N) is 4. The van der Waals surface area contributed by atoms with Crippen LogP contribution in [-0.4, -0.2) is 57.8 Å². The van der Waals surface area contributed by atoms with E-state index in [1.807, 2.05) is 38.4 Å². The molecule has 1 saturated heterocycles. The lowest BCUT2D eigenvalue weighted by atomic mass is 10.2. The Kier molecular flexibility index (Phi) is 5.48. The summed E-state index contributed by atoms with van der Waals surface area (Å²) in [5.74, 6) is 0.0934. The number of piperazine rings is 1. The number of hydrogen-bond donors (Lipinski definition) is 0. The molecule has 5 rings (SSSR count). The van der Waals surface area contributed by atoms with Gasteiger partial charge in [-0.25, -0.2) is 4.98 Å². The molecule has 30 heavy (non-hydrogen) atoms. The van der Waals surface area contributed by atoms with Crippen molar-refractivity contribution < 1.29 is 4.79 Å². The van der Waals surface area contributed by atoms with Gasteiger partial charge in [-0.15, -0.1) is 22.7 Å². The zero-order chi connectivity index (χ0) is 20.3. The zero-order valence-corrected chi connectivity index (χ0v) is 18.1. The van der Waals surface area contributed by atoms with Gasteiger partial charge in [0, 0.05) is 44.3 Å². The first-order valence-corrected chi connectivity index (χ1v) is 11.8. The summed E-state index contributed by atoms with van der Waals surface area (Å²) in [5, 5.41) is 3.97. The number of carbonyl (C=O) groups excluding carboxylic acids is 1. The van der Waals surface area contributed by atoms with Crippen molar-refractivity contribution in [1.82, 2.24) is 19.2 Å². The summed E-state index contributed by atoms with van der Waals surface area (Å²) < 4.78 is 1.94. The summed E-state index contributed by atoms with van der Waals surface area (Å²) in [5.41, 5.74) is 2.86. The van der Waals surface area contributed by atoms with Gasteiger partial charge in [0.25, 0.3) is 5.91 Å². The number of rotatable bonds is 5. The average molecular weight is 435 g/mol. The Morgan fingerprint density at radius 1 is 1.03 bits per heavy atom. The molecule has 0 spiro atoms. The van der Waals surface area contributed by atoms with Crippen molar-refractivity contribution in [2.24, 2.45) is 0 Å². The topological polar surface area (TPSA) is 40.9 Å². The number of fused-ring (bicyclic) bond motifs is 1.